The zero-order valence-electron chi connectivity index (χ0n) is 14.7. The van der Waals surface area contributed by atoms with E-state index in [1.807, 2.05) is 18.2 Å². The van der Waals surface area contributed by atoms with E-state index in [1.165, 1.54) is 0 Å². The molecule has 0 saturated carbocycles. The number of benzene rings is 1. The van der Waals surface area contributed by atoms with Crippen LogP contribution in [0.25, 0.3) is 11.1 Å². The highest BCUT2D eigenvalue weighted by atomic mass is 16.5. The number of nitrogens with zero attached hydrogens (tertiary/aromatic N) is 2. The van der Waals surface area contributed by atoms with E-state index in [1.54, 1.807) is 39.0 Å². The van der Waals surface area contributed by atoms with Gasteiger partial charge in [-0.25, -0.2) is 4.98 Å². The Balaban J connectivity index is 2.01. The molecule has 2 heterocycles. The highest BCUT2D eigenvalue weighted by Gasteiger charge is 2.28. The number of carbonyl (C=O) groups excluding carboxylic acids is 1. The molecule has 26 heavy (non-hydrogen) atoms. The van der Waals surface area contributed by atoms with Crippen LogP contribution in [0.3, 0.4) is 0 Å². The Hall–Kier alpha value is -3.22. The molecule has 0 bridgehead atoms. The van der Waals surface area contributed by atoms with E-state index in [0.717, 1.165) is 5.56 Å². The predicted molar refractivity (Wildman–Crippen MR) is 94.7 cm³/mol. The van der Waals surface area contributed by atoms with Crippen LogP contribution in [-0.2, 0) is 4.79 Å². The molecule has 2 unspecified atom stereocenters. The number of aliphatic carboxylic acids is 1. The number of aromatic nitrogens is 2. The average Bonchev–Trinajstić information content (AvgIpc) is 2.99. The summed E-state index contributed by atoms with van der Waals surface area (Å²) in [4.78, 5) is 28.7. The third-order valence-corrected chi connectivity index (χ3v) is 4.32. The molecule has 3 rings (SSSR count). The van der Waals surface area contributed by atoms with E-state index in [-0.39, 0.29) is 5.71 Å². The minimum absolute atomic E-state index is 0.287. The molecule has 7 heteroatoms. The molecule has 3 aromatic rings. The number of carboxylic acids is 1. The second-order valence-corrected chi connectivity index (χ2v) is 6.25. The van der Waals surface area contributed by atoms with Crippen molar-refractivity contribution in [2.75, 3.05) is 0 Å². The molecule has 0 aliphatic heterocycles. The fourth-order valence-corrected chi connectivity index (χ4v) is 2.92. The zero-order valence-corrected chi connectivity index (χ0v) is 14.7. The molecule has 1 aromatic carbocycles. The molecule has 2 aromatic heterocycles. The largest absolute Gasteiger partial charge is 0.481 e. The van der Waals surface area contributed by atoms with Crippen molar-refractivity contribution >= 4 is 23.0 Å². The maximum atomic E-state index is 13.0. The third kappa shape index (κ3) is 3.28. The van der Waals surface area contributed by atoms with Crippen LogP contribution in [0.4, 0.5) is 0 Å². The summed E-state index contributed by atoms with van der Waals surface area (Å²) in [5, 5.41) is 16.7. The highest BCUT2D eigenvalue weighted by molar-refractivity contribution is 6.06. The van der Waals surface area contributed by atoms with Gasteiger partial charge in [0.05, 0.1) is 28.6 Å². The molecule has 2 atom stereocenters. The van der Waals surface area contributed by atoms with Crippen LogP contribution < -0.4 is 5.32 Å². The SMILES string of the molecule is Cc1cc(C(=O)NC(c2ccccc2)C(C)C(=O)O)c2c(C)noc2n1. The minimum Gasteiger partial charge on any atom is -0.481 e. The predicted octanol–water partition coefficient (Wildman–Crippen LogP) is 3.03. The van der Waals surface area contributed by atoms with Gasteiger partial charge in [0.2, 0.25) is 0 Å². The molecule has 0 aliphatic rings. The van der Waals surface area contributed by atoms with E-state index in [4.69, 9.17) is 4.52 Å². The lowest BCUT2D eigenvalue weighted by Crippen LogP contribution is -2.35. The first-order valence-electron chi connectivity index (χ1n) is 8.20. The maximum Gasteiger partial charge on any atom is 0.308 e. The lowest BCUT2D eigenvalue weighted by atomic mass is 9.94. The fourth-order valence-electron chi connectivity index (χ4n) is 2.92. The number of pyridine rings is 1. The Morgan fingerprint density at radius 1 is 1.19 bits per heavy atom. The van der Waals surface area contributed by atoms with Crippen molar-refractivity contribution < 1.29 is 19.2 Å². The Kier molecular flexibility index (Phi) is 4.71. The van der Waals surface area contributed by atoms with Crippen molar-refractivity contribution in [1.82, 2.24) is 15.5 Å². The summed E-state index contributed by atoms with van der Waals surface area (Å²) < 4.78 is 5.16. The monoisotopic (exact) mass is 353 g/mol. The Morgan fingerprint density at radius 3 is 2.54 bits per heavy atom. The fraction of sp³-hybridized carbons (Fsp3) is 0.263. The van der Waals surface area contributed by atoms with E-state index < -0.39 is 23.8 Å². The van der Waals surface area contributed by atoms with Gasteiger partial charge in [0.1, 0.15) is 0 Å². The topological polar surface area (TPSA) is 105 Å². The number of nitrogens with one attached hydrogen (secondary N) is 1. The van der Waals surface area contributed by atoms with E-state index in [0.29, 0.717) is 22.3 Å². The van der Waals surface area contributed by atoms with Gasteiger partial charge in [-0.15, -0.1) is 0 Å². The van der Waals surface area contributed by atoms with Gasteiger partial charge in [0.25, 0.3) is 11.6 Å². The molecule has 0 saturated heterocycles. The molecule has 1 amide bonds. The Labute approximate surface area is 150 Å². The number of fused-ring (bicyclic) bond motifs is 1. The molecular weight excluding hydrogens is 334 g/mol. The van der Waals surface area contributed by atoms with Crippen LogP contribution in [-0.4, -0.2) is 27.1 Å². The van der Waals surface area contributed by atoms with Crippen molar-refractivity contribution in [1.29, 1.82) is 0 Å². The van der Waals surface area contributed by atoms with Crippen LogP contribution in [0.1, 0.15) is 40.3 Å². The van der Waals surface area contributed by atoms with E-state index in [9.17, 15) is 14.7 Å². The second-order valence-electron chi connectivity index (χ2n) is 6.25. The van der Waals surface area contributed by atoms with Gasteiger partial charge < -0.3 is 14.9 Å². The summed E-state index contributed by atoms with van der Waals surface area (Å²) in [5.41, 5.74) is 2.54. The molecule has 0 spiro atoms. The van der Waals surface area contributed by atoms with Gasteiger partial charge in [0, 0.05) is 5.69 Å². The number of carboxylic acid groups (broad SMARTS) is 1. The summed E-state index contributed by atoms with van der Waals surface area (Å²) in [5.74, 6) is -2.19. The quantitative estimate of drug-likeness (QED) is 0.730. The van der Waals surface area contributed by atoms with Gasteiger partial charge in [0.15, 0.2) is 0 Å². The Bertz CT molecular complexity index is 966. The van der Waals surface area contributed by atoms with Gasteiger partial charge in [-0.1, -0.05) is 35.5 Å². The number of aryl methyl sites for hydroxylation is 2. The number of hydrogen-bond acceptors (Lipinski definition) is 5. The average molecular weight is 353 g/mol. The van der Waals surface area contributed by atoms with Crippen molar-refractivity contribution in [3.63, 3.8) is 0 Å². The first-order valence-corrected chi connectivity index (χ1v) is 8.20. The van der Waals surface area contributed by atoms with E-state index >= 15 is 0 Å². The van der Waals surface area contributed by atoms with Crippen LogP contribution in [0, 0.1) is 19.8 Å². The summed E-state index contributed by atoms with van der Waals surface area (Å²) in [6.45, 7) is 5.05. The van der Waals surface area contributed by atoms with Crippen LogP contribution in [0.5, 0.6) is 0 Å². The van der Waals surface area contributed by atoms with Gasteiger partial charge in [-0.2, -0.15) is 0 Å². The van der Waals surface area contributed by atoms with Crippen LogP contribution in [0.15, 0.2) is 40.9 Å². The molecule has 2 N–H and O–H groups in total. The molecule has 134 valence electrons. The first kappa shape index (κ1) is 17.6. The van der Waals surface area contributed by atoms with Gasteiger partial charge in [-0.05, 0) is 32.4 Å². The smallest absolute Gasteiger partial charge is 0.308 e. The third-order valence-electron chi connectivity index (χ3n) is 4.32. The highest BCUT2D eigenvalue weighted by Crippen LogP contribution is 2.26. The molecular formula is C19H19N3O4. The maximum absolute atomic E-state index is 13.0. The van der Waals surface area contributed by atoms with Gasteiger partial charge in [-0.3, -0.25) is 9.59 Å². The second kappa shape index (κ2) is 6.95. The lowest BCUT2D eigenvalue weighted by molar-refractivity contribution is -0.142. The normalized spacial score (nSPS) is 13.3. The number of rotatable bonds is 5. The summed E-state index contributed by atoms with van der Waals surface area (Å²) in [6, 6.07) is 10.0. The molecule has 0 fully saturated rings. The molecule has 0 aliphatic carbocycles. The number of hydrogen-bond donors (Lipinski definition) is 2. The molecule has 7 nitrogen and oxygen atoms in total. The lowest BCUT2D eigenvalue weighted by Gasteiger charge is -2.23. The minimum atomic E-state index is -0.989. The standard InChI is InChI=1S/C19H19N3O4/c1-10-9-14(15-12(3)22-26-18(15)20-10)17(23)21-16(11(2)19(24)25)13-7-5-4-6-8-13/h4-9,11,16H,1-3H3,(H,21,23)(H,24,25). The van der Waals surface area contributed by atoms with Crippen molar-refractivity contribution in [2.24, 2.45) is 5.92 Å². The summed E-state index contributed by atoms with van der Waals surface area (Å²) in [7, 11) is 0. The van der Waals surface area contributed by atoms with Crippen molar-refractivity contribution in [3.8, 4) is 0 Å². The van der Waals surface area contributed by atoms with Crippen molar-refractivity contribution in [2.45, 2.75) is 26.8 Å². The molecule has 0 radical (unpaired) electrons. The summed E-state index contributed by atoms with van der Waals surface area (Å²) in [6.07, 6.45) is 0. The van der Waals surface area contributed by atoms with Crippen LogP contribution >= 0.6 is 0 Å². The van der Waals surface area contributed by atoms with E-state index in [2.05, 4.69) is 15.5 Å². The number of carbonyl (C=O) groups is 2. The zero-order chi connectivity index (χ0) is 18.8. The van der Waals surface area contributed by atoms with Gasteiger partial charge >= 0.3 is 5.97 Å². The summed E-state index contributed by atoms with van der Waals surface area (Å²) >= 11 is 0. The first-order chi connectivity index (χ1) is 12.4. The number of amides is 1. The van der Waals surface area contributed by atoms with Crippen LogP contribution in [0.2, 0.25) is 0 Å². The van der Waals surface area contributed by atoms with Crippen molar-refractivity contribution in [3.05, 3.63) is 58.9 Å². The Morgan fingerprint density at radius 2 is 1.88 bits per heavy atom.